The van der Waals surface area contributed by atoms with Crippen LogP contribution in [0, 0.1) is 29.6 Å². The average Bonchev–Trinajstić information content (AvgIpc) is 3.49. The summed E-state index contributed by atoms with van der Waals surface area (Å²) in [5.41, 5.74) is 2.19. The molecular weight excluding hydrogens is 409 g/mol. The Bertz CT molecular complexity index is 666. The van der Waals surface area contributed by atoms with Gasteiger partial charge in [-0.3, -0.25) is 4.90 Å². The molecule has 32 heavy (non-hydrogen) atoms. The molecule has 6 rings (SSSR count). The number of nitrogens with zero attached hydrogens (tertiary/aromatic N) is 1. The molecule has 6 aliphatic rings. The van der Waals surface area contributed by atoms with Crippen LogP contribution in [0.25, 0.3) is 0 Å². The molecule has 0 amide bonds. The van der Waals surface area contributed by atoms with Gasteiger partial charge in [-0.25, -0.2) is 4.39 Å². The standard InChI is InChI=1S/C29H50FNSi/c1-19-12-17-26-25(18-19)27-28(31(26)21-15-13-20(30)14-16-21)23-10-6-7-11-24(23)29(27)32(2,3)22-8-4-5-9-22/h19-29H,4-18H2,1-3H3. The summed E-state index contributed by atoms with van der Waals surface area (Å²) in [6.07, 6.45) is 20.0. The number of fused-ring (bicyclic) bond motifs is 5. The molecule has 6 fully saturated rings. The van der Waals surface area contributed by atoms with Gasteiger partial charge in [0.1, 0.15) is 6.17 Å². The van der Waals surface area contributed by atoms with Crippen LogP contribution in [0.2, 0.25) is 24.2 Å². The second-order valence-electron chi connectivity index (χ2n) is 14.0. The fourth-order valence-corrected chi connectivity index (χ4v) is 16.4. The monoisotopic (exact) mass is 459 g/mol. The van der Waals surface area contributed by atoms with Crippen molar-refractivity contribution in [2.45, 2.75) is 152 Å². The largest absolute Gasteiger partial charge is 0.294 e. The molecule has 8 unspecified atom stereocenters. The van der Waals surface area contributed by atoms with Gasteiger partial charge in [0.25, 0.3) is 0 Å². The van der Waals surface area contributed by atoms with Gasteiger partial charge < -0.3 is 0 Å². The van der Waals surface area contributed by atoms with Gasteiger partial charge in [0.2, 0.25) is 0 Å². The summed E-state index contributed by atoms with van der Waals surface area (Å²) in [5.74, 6) is 4.92. The van der Waals surface area contributed by atoms with E-state index < -0.39 is 14.2 Å². The molecule has 1 aliphatic heterocycles. The fourth-order valence-electron chi connectivity index (χ4n) is 11.0. The minimum atomic E-state index is -1.31. The molecule has 0 aromatic rings. The number of alkyl halides is 1. The maximum atomic E-state index is 14.1. The molecule has 1 nitrogen and oxygen atoms in total. The Hall–Kier alpha value is 0.107. The highest BCUT2D eigenvalue weighted by Crippen LogP contribution is 2.68. The number of halogens is 1. The van der Waals surface area contributed by atoms with Crippen molar-refractivity contribution in [3.8, 4) is 0 Å². The number of likely N-dealkylation sites (tertiary alicyclic amines) is 1. The quantitative estimate of drug-likeness (QED) is 0.384. The molecule has 1 saturated heterocycles. The number of rotatable bonds is 3. The topological polar surface area (TPSA) is 3.24 Å². The van der Waals surface area contributed by atoms with E-state index in [-0.39, 0.29) is 0 Å². The first-order valence-corrected chi connectivity index (χ1v) is 18.0. The van der Waals surface area contributed by atoms with Gasteiger partial charge in [0.05, 0.1) is 8.07 Å². The van der Waals surface area contributed by atoms with Crippen LogP contribution in [-0.4, -0.2) is 37.3 Å². The highest BCUT2D eigenvalue weighted by molar-refractivity contribution is 6.80. The first kappa shape index (κ1) is 22.6. The van der Waals surface area contributed by atoms with Gasteiger partial charge in [-0.1, -0.05) is 65.0 Å². The Balaban J connectivity index is 1.39. The van der Waals surface area contributed by atoms with Crippen LogP contribution >= 0.6 is 0 Å². The van der Waals surface area contributed by atoms with E-state index in [2.05, 4.69) is 24.9 Å². The minimum absolute atomic E-state index is 0.515. The summed E-state index contributed by atoms with van der Waals surface area (Å²) in [5, 5.41) is 0. The third-order valence-corrected chi connectivity index (χ3v) is 17.5. The number of hydrogen-bond donors (Lipinski definition) is 0. The van der Waals surface area contributed by atoms with Gasteiger partial charge in [0.15, 0.2) is 0 Å². The van der Waals surface area contributed by atoms with Gasteiger partial charge in [-0.05, 0) is 92.0 Å². The maximum Gasteiger partial charge on any atom is 0.100 e. The fraction of sp³-hybridized carbons (Fsp3) is 1.00. The first-order valence-electron chi connectivity index (χ1n) is 14.9. The van der Waals surface area contributed by atoms with E-state index in [0.29, 0.717) is 6.04 Å². The first-order chi connectivity index (χ1) is 15.5. The van der Waals surface area contributed by atoms with E-state index in [0.717, 1.165) is 78.4 Å². The molecule has 182 valence electrons. The average molecular weight is 460 g/mol. The molecule has 0 aromatic heterocycles. The summed E-state index contributed by atoms with van der Waals surface area (Å²) < 4.78 is 14.1. The second kappa shape index (κ2) is 8.65. The molecular formula is C29H50FNSi. The molecule has 5 saturated carbocycles. The molecule has 3 heteroatoms. The van der Waals surface area contributed by atoms with Crippen LogP contribution in [0.1, 0.15) is 103 Å². The lowest BCUT2D eigenvalue weighted by atomic mass is 9.73. The second-order valence-corrected chi connectivity index (χ2v) is 19.1. The maximum absolute atomic E-state index is 14.1. The Labute approximate surface area is 198 Å². The molecule has 5 aliphatic carbocycles. The third-order valence-electron chi connectivity index (χ3n) is 12.2. The van der Waals surface area contributed by atoms with E-state index in [4.69, 9.17) is 0 Å². The van der Waals surface area contributed by atoms with Gasteiger partial charge in [-0.15, -0.1) is 0 Å². The normalized spacial score (nSPS) is 50.2. The molecule has 0 spiro atoms. The summed E-state index contributed by atoms with van der Waals surface area (Å²) in [7, 11) is -1.31. The van der Waals surface area contributed by atoms with Gasteiger partial charge >= 0.3 is 0 Å². The van der Waals surface area contributed by atoms with Crippen molar-refractivity contribution in [2.75, 3.05) is 0 Å². The van der Waals surface area contributed by atoms with Crippen molar-refractivity contribution < 1.29 is 4.39 Å². The highest BCUT2D eigenvalue weighted by atomic mass is 28.3. The molecule has 1 heterocycles. The smallest absolute Gasteiger partial charge is 0.100 e. The lowest BCUT2D eigenvalue weighted by molar-refractivity contribution is 0.0243. The van der Waals surface area contributed by atoms with Gasteiger partial charge in [0, 0.05) is 18.1 Å². The van der Waals surface area contributed by atoms with Crippen LogP contribution in [0.5, 0.6) is 0 Å². The van der Waals surface area contributed by atoms with Crippen LogP contribution in [0.15, 0.2) is 0 Å². The molecule has 0 radical (unpaired) electrons. The zero-order chi connectivity index (χ0) is 22.0. The predicted molar refractivity (Wildman–Crippen MR) is 135 cm³/mol. The van der Waals surface area contributed by atoms with Crippen LogP contribution in [0.4, 0.5) is 4.39 Å². The summed E-state index contributed by atoms with van der Waals surface area (Å²) in [6, 6.07) is 2.43. The van der Waals surface area contributed by atoms with E-state index >= 15 is 0 Å². The van der Waals surface area contributed by atoms with Crippen molar-refractivity contribution in [1.82, 2.24) is 4.90 Å². The Morgan fingerprint density at radius 3 is 2.09 bits per heavy atom. The zero-order valence-electron chi connectivity index (χ0n) is 21.3. The van der Waals surface area contributed by atoms with Gasteiger partial charge in [-0.2, -0.15) is 0 Å². The van der Waals surface area contributed by atoms with E-state index in [1.807, 2.05) is 0 Å². The lowest BCUT2D eigenvalue weighted by Gasteiger charge is -2.48. The Morgan fingerprint density at radius 1 is 0.719 bits per heavy atom. The summed E-state index contributed by atoms with van der Waals surface area (Å²) >= 11 is 0. The Morgan fingerprint density at radius 2 is 1.38 bits per heavy atom. The van der Waals surface area contributed by atoms with Crippen molar-refractivity contribution >= 4 is 8.07 Å². The van der Waals surface area contributed by atoms with Crippen LogP contribution in [0.3, 0.4) is 0 Å². The van der Waals surface area contributed by atoms with Crippen LogP contribution in [-0.2, 0) is 0 Å². The SMILES string of the molecule is CC1CCC2C(C1)C1C(C3CCCCC3C1[Si](C)(C)C1CCCC1)N2C1CCC(F)CC1. The highest BCUT2D eigenvalue weighted by Gasteiger charge is 2.66. The van der Waals surface area contributed by atoms with Crippen molar-refractivity contribution in [2.24, 2.45) is 29.6 Å². The van der Waals surface area contributed by atoms with E-state index in [9.17, 15) is 4.39 Å². The third kappa shape index (κ3) is 3.52. The van der Waals surface area contributed by atoms with Crippen molar-refractivity contribution in [3.05, 3.63) is 0 Å². The molecule has 0 bridgehead atoms. The van der Waals surface area contributed by atoms with Crippen molar-refractivity contribution in [1.29, 1.82) is 0 Å². The molecule has 0 aromatic carbocycles. The summed E-state index contributed by atoms with van der Waals surface area (Å²) in [4.78, 5) is 3.18. The number of hydrogen-bond acceptors (Lipinski definition) is 1. The van der Waals surface area contributed by atoms with Crippen LogP contribution < -0.4 is 0 Å². The molecule has 0 N–H and O–H groups in total. The summed E-state index contributed by atoms with van der Waals surface area (Å²) in [6.45, 7) is 8.28. The molecule has 8 atom stereocenters. The lowest BCUT2D eigenvalue weighted by Crippen LogP contribution is -2.50. The Kier molecular flexibility index (Phi) is 6.10. The van der Waals surface area contributed by atoms with Crippen molar-refractivity contribution in [3.63, 3.8) is 0 Å². The van der Waals surface area contributed by atoms with E-state index in [1.165, 1.54) is 51.4 Å². The zero-order valence-corrected chi connectivity index (χ0v) is 22.3. The van der Waals surface area contributed by atoms with E-state index in [1.54, 1.807) is 19.3 Å². The predicted octanol–water partition coefficient (Wildman–Crippen LogP) is 8.22. The minimum Gasteiger partial charge on any atom is -0.294 e.